The third kappa shape index (κ3) is 4.59. The fourth-order valence-electron chi connectivity index (χ4n) is 2.50. The first-order valence-electron chi connectivity index (χ1n) is 8.61. The van der Waals surface area contributed by atoms with Crippen LogP contribution in [0.3, 0.4) is 0 Å². The van der Waals surface area contributed by atoms with Crippen molar-refractivity contribution in [3.05, 3.63) is 53.3 Å². The normalized spacial score (nSPS) is 11.8. The van der Waals surface area contributed by atoms with Gasteiger partial charge in [0.25, 0.3) is 5.91 Å². The van der Waals surface area contributed by atoms with Gasteiger partial charge in [-0.05, 0) is 24.6 Å². The van der Waals surface area contributed by atoms with Gasteiger partial charge in [-0.15, -0.1) is 11.3 Å². The number of benzene rings is 1. The standard InChI is InChI=1S/C19H21N5O2S/c1-4-17(25)22-15-7-5-13(6-8-15)12(2)21-18(26)16-11-27-19(23-16)14-9-20-24(3)10-14/h5-12H,4H2,1-3H3,(H,21,26)(H,22,25). The molecule has 1 atom stereocenters. The van der Waals surface area contributed by atoms with Crippen molar-refractivity contribution in [3.63, 3.8) is 0 Å². The molecule has 1 aromatic carbocycles. The number of carbonyl (C=O) groups excluding carboxylic acids is 2. The summed E-state index contributed by atoms with van der Waals surface area (Å²) in [7, 11) is 1.84. The Morgan fingerprint density at radius 1 is 1.26 bits per heavy atom. The van der Waals surface area contributed by atoms with Gasteiger partial charge in [0.15, 0.2) is 0 Å². The van der Waals surface area contributed by atoms with E-state index in [0.29, 0.717) is 12.1 Å². The number of amides is 2. The van der Waals surface area contributed by atoms with E-state index >= 15 is 0 Å². The summed E-state index contributed by atoms with van der Waals surface area (Å²) in [5, 5.41) is 12.4. The molecule has 0 fully saturated rings. The number of anilines is 1. The first-order valence-corrected chi connectivity index (χ1v) is 9.49. The van der Waals surface area contributed by atoms with Gasteiger partial charge in [0.1, 0.15) is 10.7 Å². The van der Waals surface area contributed by atoms with Crippen molar-refractivity contribution in [1.82, 2.24) is 20.1 Å². The van der Waals surface area contributed by atoms with Crippen LogP contribution in [0.1, 0.15) is 42.4 Å². The highest BCUT2D eigenvalue weighted by Gasteiger charge is 2.16. The fourth-order valence-corrected chi connectivity index (χ4v) is 3.28. The maximum Gasteiger partial charge on any atom is 0.271 e. The van der Waals surface area contributed by atoms with Gasteiger partial charge in [-0.3, -0.25) is 14.3 Å². The average molecular weight is 383 g/mol. The Morgan fingerprint density at radius 3 is 2.63 bits per heavy atom. The Hall–Kier alpha value is -3.00. The van der Waals surface area contributed by atoms with Crippen LogP contribution >= 0.6 is 11.3 Å². The molecule has 3 rings (SSSR count). The number of nitrogens with zero attached hydrogens (tertiary/aromatic N) is 3. The van der Waals surface area contributed by atoms with E-state index < -0.39 is 0 Å². The second kappa shape index (κ2) is 8.13. The van der Waals surface area contributed by atoms with Crippen LogP contribution in [0.15, 0.2) is 42.0 Å². The van der Waals surface area contributed by atoms with Gasteiger partial charge in [0.05, 0.1) is 12.2 Å². The Kier molecular flexibility index (Phi) is 5.66. The molecule has 0 spiro atoms. The minimum Gasteiger partial charge on any atom is -0.344 e. The molecular formula is C19H21N5O2S. The quantitative estimate of drug-likeness (QED) is 0.683. The summed E-state index contributed by atoms with van der Waals surface area (Å²) in [5.74, 6) is -0.255. The highest BCUT2D eigenvalue weighted by atomic mass is 32.1. The molecular weight excluding hydrogens is 362 g/mol. The van der Waals surface area contributed by atoms with Crippen LogP contribution in [-0.2, 0) is 11.8 Å². The molecule has 8 heteroatoms. The van der Waals surface area contributed by atoms with E-state index in [1.54, 1.807) is 23.2 Å². The predicted octanol–water partition coefficient (Wildman–Crippen LogP) is 3.38. The monoisotopic (exact) mass is 383 g/mol. The van der Waals surface area contributed by atoms with Crippen molar-refractivity contribution in [2.45, 2.75) is 26.3 Å². The average Bonchev–Trinajstić information content (AvgIpc) is 3.31. The highest BCUT2D eigenvalue weighted by molar-refractivity contribution is 7.13. The van der Waals surface area contributed by atoms with Crippen LogP contribution in [0.25, 0.3) is 10.6 Å². The summed E-state index contributed by atoms with van der Waals surface area (Å²) in [6.45, 7) is 3.71. The largest absolute Gasteiger partial charge is 0.344 e. The van der Waals surface area contributed by atoms with E-state index in [1.165, 1.54) is 11.3 Å². The van der Waals surface area contributed by atoms with Gasteiger partial charge in [0.2, 0.25) is 5.91 Å². The topological polar surface area (TPSA) is 88.9 Å². The summed E-state index contributed by atoms with van der Waals surface area (Å²) >= 11 is 1.41. The second-order valence-corrected chi connectivity index (χ2v) is 7.02. The maximum absolute atomic E-state index is 12.5. The van der Waals surface area contributed by atoms with E-state index in [4.69, 9.17) is 0 Å². The smallest absolute Gasteiger partial charge is 0.271 e. The molecule has 0 saturated carbocycles. The molecule has 2 aromatic heterocycles. The lowest BCUT2D eigenvalue weighted by Gasteiger charge is -2.14. The van der Waals surface area contributed by atoms with Crippen LogP contribution in [0.5, 0.6) is 0 Å². The molecule has 27 heavy (non-hydrogen) atoms. The summed E-state index contributed by atoms with van der Waals surface area (Å²) < 4.78 is 1.70. The third-order valence-electron chi connectivity index (χ3n) is 4.05. The van der Waals surface area contributed by atoms with Crippen LogP contribution < -0.4 is 10.6 Å². The summed E-state index contributed by atoms with van der Waals surface area (Å²) in [6, 6.07) is 7.25. The third-order valence-corrected chi connectivity index (χ3v) is 4.94. The van der Waals surface area contributed by atoms with Crippen LogP contribution in [-0.4, -0.2) is 26.6 Å². The molecule has 2 heterocycles. The number of thiazole rings is 1. The molecule has 140 valence electrons. The lowest BCUT2D eigenvalue weighted by atomic mass is 10.1. The molecule has 0 aliphatic carbocycles. The van der Waals surface area contributed by atoms with Gasteiger partial charge < -0.3 is 10.6 Å². The number of hydrogen-bond acceptors (Lipinski definition) is 5. The molecule has 0 saturated heterocycles. The molecule has 0 aliphatic rings. The van der Waals surface area contributed by atoms with E-state index in [2.05, 4.69) is 20.7 Å². The molecule has 7 nitrogen and oxygen atoms in total. The number of nitrogens with one attached hydrogen (secondary N) is 2. The first kappa shape index (κ1) is 18.8. The number of carbonyl (C=O) groups is 2. The zero-order chi connectivity index (χ0) is 19.4. The van der Waals surface area contributed by atoms with Crippen LogP contribution in [0.4, 0.5) is 5.69 Å². The van der Waals surface area contributed by atoms with Crippen molar-refractivity contribution in [2.75, 3.05) is 5.32 Å². The van der Waals surface area contributed by atoms with E-state index in [9.17, 15) is 9.59 Å². The predicted molar refractivity (Wildman–Crippen MR) is 106 cm³/mol. The molecule has 2 N–H and O–H groups in total. The van der Waals surface area contributed by atoms with Gasteiger partial charge in [-0.2, -0.15) is 5.10 Å². The lowest BCUT2D eigenvalue weighted by Crippen LogP contribution is -2.26. The van der Waals surface area contributed by atoms with Crippen LogP contribution in [0.2, 0.25) is 0 Å². The SMILES string of the molecule is CCC(=O)Nc1ccc(C(C)NC(=O)c2csc(-c3cnn(C)c3)n2)cc1. The van der Waals surface area contributed by atoms with Gasteiger partial charge in [-0.25, -0.2) is 4.98 Å². The van der Waals surface area contributed by atoms with Crippen molar-refractivity contribution in [3.8, 4) is 10.6 Å². The summed E-state index contributed by atoms with van der Waals surface area (Å²) in [6.07, 6.45) is 4.02. The highest BCUT2D eigenvalue weighted by Crippen LogP contribution is 2.23. The molecule has 0 bridgehead atoms. The van der Waals surface area contributed by atoms with Crippen LogP contribution in [0, 0.1) is 0 Å². The number of rotatable bonds is 6. The minimum atomic E-state index is -0.225. The Bertz CT molecular complexity index is 945. The van der Waals surface area contributed by atoms with Crippen molar-refractivity contribution in [1.29, 1.82) is 0 Å². The summed E-state index contributed by atoms with van der Waals surface area (Å²) in [5.41, 5.74) is 2.96. The zero-order valence-corrected chi connectivity index (χ0v) is 16.2. The minimum absolute atomic E-state index is 0.0305. The van der Waals surface area contributed by atoms with Crippen molar-refractivity contribution in [2.24, 2.45) is 7.05 Å². The lowest BCUT2D eigenvalue weighted by molar-refractivity contribution is -0.115. The van der Waals surface area contributed by atoms with Gasteiger partial charge in [0, 0.05) is 36.3 Å². The summed E-state index contributed by atoms with van der Waals surface area (Å²) in [4.78, 5) is 28.3. The number of hydrogen-bond donors (Lipinski definition) is 2. The molecule has 2 amide bonds. The van der Waals surface area contributed by atoms with E-state index in [1.807, 2.05) is 44.4 Å². The Balaban J connectivity index is 1.63. The Labute approximate surface area is 161 Å². The second-order valence-electron chi connectivity index (χ2n) is 6.16. The van der Waals surface area contributed by atoms with Gasteiger partial charge >= 0.3 is 0 Å². The molecule has 3 aromatic rings. The van der Waals surface area contributed by atoms with E-state index in [0.717, 1.165) is 21.8 Å². The van der Waals surface area contributed by atoms with Gasteiger partial charge in [-0.1, -0.05) is 19.1 Å². The first-order chi connectivity index (χ1) is 13.0. The maximum atomic E-state index is 12.5. The Morgan fingerprint density at radius 2 is 2.00 bits per heavy atom. The van der Waals surface area contributed by atoms with Crippen molar-refractivity contribution >= 4 is 28.8 Å². The molecule has 1 unspecified atom stereocenters. The van der Waals surface area contributed by atoms with Crippen molar-refractivity contribution < 1.29 is 9.59 Å². The van der Waals surface area contributed by atoms with E-state index in [-0.39, 0.29) is 17.9 Å². The molecule has 0 aliphatic heterocycles. The fraction of sp³-hybridized carbons (Fsp3) is 0.263. The number of aryl methyl sites for hydroxylation is 1. The zero-order valence-electron chi connectivity index (χ0n) is 15.4. The number of aromatic nitrogens is 3. The molecule has 0 radical (unpaired) electrons.